The van der Waals surface area contributed by atoms with Crippen LogP contribution in [-0.2, 0) is 0 Å². The van der Waals surface area contributed by atoms with Crippen molar-refractivity contribution in [2.24, 2.45) is 11.5 Å². The second-order valence-electron chi connectivity index (χ2n) is 8.26. The topological polar surface area (TPSA) is 133 Å². The van der Waals surface area contributed by atoms with Gasteiger partial charge in [-0.15, -0.1) is 0 Å². The minimum absolute atomic E-state index is 0. The van der Waals surface area contributed by atoms with Crippen LogP contribution in [0.5, 0.6) is 11.5 Å². The Morgan fingerprint density at radius 3 is 1.27 bits per heavy atom. The monoisotopic (exact) mass is 584 g/mol. The lowest BCUT2D eigenvalue weighted by Gasteiger charge is -2.07. The number of phenols is 2. The standard InChI is InChI=1S/C14H15NO.C8H10BrN.C6H7BO3.H2S/c1-10(15)11-2-4-12(5-3-11)13-6-8-14(16)9-7-13;1-6(10)7-2-4-8(9)5-3-7;8-6-3-1-5(2-4-6)7(9)10;/h2-10,16H,15H2,1H3;2-6H,10H2,1H3;1-4,8-10H;1H2/t10-;6-;;/m00../s1. The molecule has 0 aliphatic carbocycles. The highest BCUT2D eigenvalue weighted by Crippen LogP contribution is 2.23. The van der Waals surface area contributed by atoms with Crippen molar-refractivity contribution in [1.82, 2.24) is 0 Å². The Balaban J connectivity index is 0.000000287. The third-order valence-electron chi connectivity index (χ3n) is 5.22. The molecule has 4 aromatic carbocycles. The number of phenolic OH excluding ortho intramolecular Hbond substituents is 2. The highest BCUT2D eigenvalue weighted by Gasteiger charge is 2.08. The summed E-state index contributed by atoms with van der Waals surface area (Å²) >= 11 is 3.35. The molecule has 0 heterocycles. The van der Waals surface area contributed by atoms with Crippen LogP contribution in [0.4, 0.5) is 0 Å². The maximum Gasteiger partial charge on any atom is 0.488 e. The fraction of sp³-hybridized carbons (Fsp3) is 0.143. The van der Waals surface area contributed by atoms with Gasteiger partial charge in [-0.05, 0) is 78.0 Å². The minimum atomic E-state index is -1.46. The van der Waals surface area contributed by atoms with Crippen LogP contribution in [0, 0.1) is 0 Å². The molecule has 2 atom stereocenters. The first-order valence-electron chi connectivity index (χ1n) is 11.4. The quantitative estimate of drug-likeness (QED) is 0.192. The van der Waals surface area contributed by atoms with E-state index in [1.54, 1.807) is 12.1 Å². The van der Waals surface area contributed by atoms with Gasteiger partial charge in [0, 0.05) is 16.6 Å². The molecule has 0 aliphatic rings. The maximum absolute atomic E-state index is 9.20. The van der Waals surface area contributed by atoms with Crippen LogP contribution in [0.15, 0.2) is 102 Å². The SMILES string of the molecule is C[C@H](N)c1ccc(-c2ccc(O)cc2)cc1.C[C@H](N)c1ccc(Br)cc1.OB(O)c1ccc(O)cc1.S. The summed E-state index contributed by atoms with van der Waals surface area (Å²) in [5.74, 6) is 0.403. The molecule has 0 fully saturated rings. The number of nitrogens with two attached hydrogens (primary N) is 2. The highest BCUT2D eigenvalue weighted by atomic mass is 79.9. The van der Waals surface area contributed by atoms with Crippen molar-refractivity contribution in [3.8, 4) is 22.6 Å². The van der Waals surface area contributed by atoms with Gasteiger partial charge in [-0.3, -0.25) is 0 Å². The molecule has 0 amide bonds. The van der Waals surface area contributed by atoms with Gasteiger partial charge < -0.3 is 31.7 Å². The molecule has 8 N–H and O–H groups in total. The Kier molecular flexibility index (Phi) is 14.1. The molecule has 0 saturated heterocycles. The zero-order valence-corrected chi connectivity index (χ0v) is 23.4. The van der Waals surface area contributed by atoms with E-state index >= 15 is 0 Å². The molecule has 0 bridgehead atoms. The molecule has 0 radical (unpaired) electrons. The van der Waals surface area contributed by atoms with E-state index in [1.807, 2.05) is 74.5 Å². The lowest BCUT2D eigenvalue weighted by atomic mass is 9.80. The summed E-state index contributed by atoms with van der Waals surface area (Å²) in [6.45, 7) is 3.94. The zero-order chi connectivity index (χ0) is 26.7. The van der Waals surface area contributed by atoms with E-state index in [0.29, 0.717) is 5.46 Å². The predicted octanol–water partition coefficient (Wildman–Crippen LogP) is 4.73. The summed E-state index contributed by atoms with van der Waals surface area (Å²) in [5, 5.41) is 35.2. The molecule has 0 spiro atoms. The largest absolute Gasteiger partial charge is 0.508 e. The summed E-state index contributed by atoms with van der Waals surface area (Å²) in [4.78, 5) is 0. The first kappa shape index (κ1) is 32.2. The number of hydrogen-bond donors (Lipinski definition) is 6. The van der Waals surface area contributed by atoms with Crippen LogP contribution >= 0.6 is 29.4 Å². The van der Waals surface area contributed by atoms with Crippen LogP contribution in [0.25, 0.3) is 11.1 Å². The highest BCUT2D eigenvalue weighted by molar-refractivity contribution is 9.10. The summed E-state index contributed by atoms with van der Waals surface area (Å²) in [6.07, 6.45) is 0. The second-order valence-corrected chi connectivity index (χ2v) is 9.18. The van der Waals surface area contributed by atoms with Crippen LogP contribution < -0.4 is 16.9 Å². The third kappa shape index (κ3) is 11.4. The van der Waals surface area contributed by atoms with E-state index in [9.17, 15) is 5.11 Å². The van der Waals surface area contributed by atoms with Crippen molar-refractivity contribution >= 4 is 42.0 Å². The lowest BCUT2D eigenvalue weighted by Crippen LogP contribution is -2.29. The van der Waals surface area contributed by atoms with Crippen molar-refractivity contribution in [3.63, 3.8) is 0 Å². The summed E-state index contributed by atoms with van der Waals surface area (Å²) < 4.78 is 1.09. The molecule has 4 aromatic rings. The van der Waals surface area contributed by atoms with Gasteiger partial charge in [0.1, 0.15) is 11.5 Å². The zero-order valence-electron chi connectivity index (χ0n) is 20.8. The van der Waals surface area contributed by atoms with Gasteiger partial charge in [0.15, 0.2) is 0 Å². The van der Waals surface area contributed by atoms with Crippen molar-refractivity contribution in [2.45, 2.75) is 25.9 Å². The summed E-state index contributed by atoms with van der Waals surface area (Å²) in [5.41, 5.74) is 16.3. The number of benzene rings is 4. The molecule has 9 heteroatoms. The molecular weight excluding hydrogens is 551 g/mol. The Bertz CT molecular complexity index is 1120. The fourth-order valence-corrected chi connectivity index (χ4v) is 3.31. The van der Waals surface area contributed by atoms with E-state index < -0.39 is 7.12 Å². The van der Waals surface area contributed by atoms with Crippen LogP contribution in [-0.4, -0.2) is 27.4 Å². The number of rotatable bonds is 4. The summed E-state index contributed by atoms with van der Waals surface area (Å²) in [6, 6.07) is 29.3. The van der Waals surface area contributed by atoms with Crippen molar-refractivity contribution < 1.29 is 20.3 Å². The summed E-state index contributed by atoms with van der Waals surface area (Å²) in [7, 11) is -1.46. The number of aromatic hydroxyl groups is 2. The van der Waals surface area contributed by atoms with Crippen molar-refractivity contribution in [3.05, 3.63) is 113 Å². The molecule has 6 nitrogen and oxygen atoms in total. The van der Waals surface area contributed by atoms with Crippen LogP contribution in [0.3, 0.4) is 0 Å². The van der Waals surface area contributed by atoms with E-state index in [0.717, 1.165) is 21.2 Å². The van der Waals surface area contributed by atoms with Crippen LogP contribution in [0.1, 0.15) is 37.1 Å². The average Bonchev–Trinajstić information content (AvgIpc) is 2.86. The molecule has 37 heavy (non-hydrogen) atoms. The van der Waals surface area contributed by atoms with Gasteiger partial charge in [-0.25, -0.2) is 0 Å². The predicted molar refractivity (Wildman–Crippen MR) is 161 cm³/mol. The Hall–Kier alpha value is -2.79. The number of hydrogen-bond acceptors (Lipinski definition) is 6. The molecule has 0 unspecified atom stereocenters. The molecule has 0 saturated carbocycles. The molecule has 4 rings (SSSR count). The van der Waals surface area contributed by atoms with Gasteiger partial charge in [0.2, 0.25) is 0 Å². The fourth-order valence-electron chi connectivity index (χ4n) is 3.05. The Labute approximate surface area is 234 Å². The van der Waals surface area contributed by atoms with Crippen molar-refractivity contribution in [1.29, 1.82) is 0 Å². The van der Waals surface area contributed by atoms with E-state index in [-0.39, 0.29) is 37.1 Å². The molecular formula is C28H34BBrN2O4S. The van der Waals surface area contributed by atoms with E-state index in [2.05, 4.69) is 15.9 Å². The van der Waals surface area contributed by atoms with Gasteiger partial charge in [-0.2, -0.15) is 13.5 Å². The third-order valence-corrected chi connectivity index (χ3v) is 5.75. The van der Waals surface area contributed by atoms with Crippen LogP contribution in [0.2, 0.25) is 0 Å². The normalized spacial score (nSPS) is 11.4. The van der Waals surface area contributed by atoms with Gasteiger partial charge in [-0.1, -0.05) is 76.6 Å². The second kappa shape index (κ2) is 16.1. The maximum atomic E-state index is 9.20. The first-order valence-corrected chi connectivity index (χ1v) is 12.2. The average molecular weight is 585 g/mol. The van der Waals surface area contributed by atoms with Gasteiger partial charge >= 0.3 is 7.12 Å². The smallest absolute Gasteiger partial charge is 0.488 e. The van der Waals surface area contributed by atoms with E-state index in [4.69, 9.17) is 26.6 Å². The number of halogens is 1. The van der Waals surface area contributed by atoms with E-state index in [1.165, 1.54) is 29.8 Å². The van der Waals surface area contributed by atoms with Gasteiger partial charge in [0.25, 0.3) is 0 Å². The Morgan fingerprint density at radius 2 is 0.919 bits per heavy atom. The first-order chi connectivity index (χ1) is 17.1. The molecule has 0 aliphatic heterocycles. The van der Waals surface area contributed by atoms with Crippen molar-refractivity contribution in [2.75, 3.05) is 0 Å². The molecule has 0 aromatic heterocycles. The molecule has 196 valence electrons. The Morgan fingerprint density at radius 1 is 0.595 bits per heavy atom. The minimum Gasteiger partial charge on any atom is -0.508 e. The lowest BCUT2D eigenvalue weighted by molar-refractivity contribution is 0.425. The van der Waals surface area contributed by atoms with Gasteiger partial charge in [0.05, 0.1) is 0 Å².